The minimum atomic E-state index is -0.539. The smallest absolute Gasteiger partial charge is 0.249 e. The molecule has 0 radical (unpaired) electrons. The van der Waals surface area contributed by atoms with Crippen molar-refractivity contribution in [1.29, 1.82) is 0 Å². The molecule has 156 valence electrons. The fourth-order valence-electron chi connectivity index (χ4n) is 3.45. The average molecular weight is 411 g/mol. The Morgan fingerprint density at radius 3 is 2.50 bits per heavy atom. The molecule has 0 spiro atoms. The van der Waals surface area contributed by atoms with Crippen LogP contribution in [0.25, 0.3) is 5.65 Å². The van der Waals surface area contributed by atoms with Crippen LogP contribution >= 0.6 is 0 Å². The number of amides is 2. The van der Waals surface area contributed by atoms with Gasteiger partial charge >= 0.3 is 0 Å². The molecule has 1 fully saturated rings. The monoisotopic (exact) mass is 411 g/mol. The molecule has 1 N–H and O–H groups in total. The van der Waals surface area contributed by atoms with Crippen molar-refractivity contribution in [3.05, 3.63) is 36.5 Å². The SMILES string of the molecule is COc1cc(N2C[C@@H](C(=O)Nc3nc4ccccn4n3)CC2=O)cc(OC)c1OC. The summed E-state index contributed by atoms with van der Waals surface area (Å²) in [6.07, 6.45) is 1.82. The number of fused-ring (bicyclic) bond motifs is 1. The molecule has 0 saturated carbocycles. The Bertz CT molecular complexity index is 1050. The normalized spacial score (nSPS) is 16.0. The van der Waals surface area contributed by atoms with Crippen molar-refractivity contribution in [3.8, 4) is 17.2 Å². The average Bonchev–Trinajstić information content (AvgIpc) is 3.35. The number of hydrogen-bond acceptors (Lipinski definition) is 7. The van der Waals surface area contributed by atoms with E-state index in [0.717, 1.165) is 0 Å². The summed E-state index contributed by atoms with van der Waals surface area (Å²) in [6.45, 7) is 0.219. The summed E-state index contributed by atoms with van der Waals surface area (Å²) < 4.78 is 17.6. The van der Waals surface area contributed by atoms with E-state index in [0.29, 0.717) is 28.6 Å². The first-order chi connectivity index (χ1) is 14.5. The number of methoxy groups -OCH3 is 3. The number of carbonyl (C=O) groups is 2. The predicted octanol–water partition coefficient (Wildman–Crippen LogP) is 1.75. The van der Waals surface area contributed by atoms with E-state index in [2.05, 4.69) is 15.4 Å². The van der Waals surface area contributed by atoms with E-state index in [4.69, 9.17) is 14.2 Å². The molecule has 3 aromatic rings. The standard InChI is InChI=1S/C20H21N5O5/c1-28-14-9-13(10-15(29-2)18(14)30-3)24-11-12(8-17(24)26)19(27)22-20-21-16-6-4-5-7-25(16)23-20/h4-7,9-10,12H,8,11H2,1-3H3,(H,22,23,27)/t12-/m0/s1. The van der Waals surface area contributed by atoms with Crippen LogP contribution in [0.1, 0.15) is 6.42 Å². The molecule has 2 amide bonds. The van der Waals surface area contributed by atoms with Crippen LogP contribution in [-0.2, 0) is 9.59 Å². The van der Waals surface area contributed by atoms with Gasteiger partial charge in [0, 0.05) is 31.3 Å². The number of rotatable bonds is 6. The highest BCUT2D eigenvalue weighted by molar-refractivity contribution is 6.03. The first-order valence-electron chi connectivity index (χ1n) is 9.26. The summed E-state index contributed by atoms with van der Waals surface area (Å²) in [4.78, 5) is 31.1. The second kappa shape index (κ2) is 7.90. The van der Waals surface area contributed by atoms with Crippen molar-refractivity contribution in [2.24, 2.45) is 5.92 Å². The van der Waals surface area contributed by atoms with Gasteiger partial charge in [0.15, 0.2) is 17.1 Å². The number of pyridine rings is 1. The summed E-state index contributed by atoms with van der Waals surface area (Å²) in [5.41, 5.74) is 1.19. The number of ether oxygens (including phenoxy) is 3. The van der Waals surface area contributed by atoms with Gasteiger partial charge in [-0.3, -0.25) is 14.9 Å². The molecule has 30 heavy (non-hydrogen) atoms. The van der Waals surface area contributed by atoms with E-state index >= 15 is 0 Å². The molecule has 0 bridgehead atoms. The van der Waals surface area contributed by atoms with Crippen LogP contribution in [0.15, 0.2) is 36.5 Å². The number of aromatic nitrogens is 3. The molecule has 4 rings (SSSR count). The molecule has 3 heterocycles. The second-order valence-electron chi connectivity index (χ2n) is 6.72. The summed E-state index contributed by atoms with van der Waals surface area (Å²) in [6, 6.07) is 8.80. The maximum Gasteiger partial charge on any atom is 0.249 e. The van der Waals surface area contributed by atoms with Crippen molar-refractivity contribution in [2.45, 2.75) is 6.42 Å². The number of benzene rings is 1. The van der Waals surface area contributed by atoms with Crippen LogP contribution in [0.4, 0.5) is 11.6 Å². The minimum absolute atomic E-state index is 0.0792. The van der Waals surface area contributed by atoms with Gasteiger partial charge in [0.05, 0.1) is 32.9 Å². The Hall–Kier alpha value is -3.82. The Balaban J connectivity index is 1.53. The van der Waals surface area contributed by atoms with Crippen molar-refractivity contribution >= 4 is 29.1 Å². The number of nitrogens with one attached hydrogen (secondary N) is 1. The molecule has 1 aliphatic heterocycles. The Morgan fingerprint density at radius 1 is 1.13 bits per heavy atom. The van der Waals surface area contributed by atoms with Crippen LogP contribution in [0, 0.1) is 5.92 Å². The fourth-order valence-corrected chi connectivity index (χ4v) is 3.45. The predicted molar refractivity (Wildman–Crippen MR) is 108 cm³/mol. The van der Waals surface area contributed by atoms with Gasteiger partial charge in [0.2, 0.25) is 23.5 Å². The van der Waals surface area contributed by atoms with Crippen LogP contribution in [0.2, 0.25) is 0 Å². The molecule has 0 aliphatic carbocycles. The lowest BCUT2D eigenvalue weighted by molar-refractivity contribution is -0.122. The van der Waals surface area contributed by atoms with E-state index in [9.17, 15) is 9.59 Å². The Labute approximate surface area is 172 Å². The third-order valence-electron chi connectivity index (χ3n) is 4.93. The molecule has 1 saturated heterocycles. The van der Waals surface area contributed by atoms with Gasteiger partial charge < -0.3 is 19.1 Å². The lowest BCUT2D eigenvalue weighted by Gasteiger charge is -2.20. The number of anilines is 2. The maximum absolute atomic E-state index is 12.7. The molecule has 10 nitrogen and oxygen atoms in total. The Morgan fingerprint density at radius 2 is 1.87 bits per heavy atom. The van der Waals surface area contributed by atoms with Gasteiger partial charge in [0.25, 0.3) is 0 Å². The largest absolute Gasteiger partial charge is 0.493 e. The molecule has 2 aromatic heterocycles. The Kier molecular flexibility index (Phi) is 5.13. The zero-order valence-electron chi connectivity index (χ0n) is 16.8. The van der Waals surface area contributed by atoms with Crippen LogP contribution in [-0.4, -0.2) is 54.3 Å². The molecule has 1 atom stereocenters. The highest BCUT2D eigenvalue weighted by Crippen LogP contribution is 2.42. The van der Waals surface area contributed by atoms with Crippen molar-refractivity contribution in [3.63, 3.8) is 0 Å². The second-order valence-corrected chi connectivity index (χ2v) is 6.72. The molecule has 10 heteroatoms. The van der Waals surface area contributed by atoms with E-state index in [1.807, 2.05) is 12.1 Å². The highest BCUT2D eigenvalue weighted by Gasteiger charge is 2.36. The van der Waals surface area contributed by atoms with Gasteiger partial charge in [-0.2, -0.15) is 4.98 Å². The fraction of sp³-hybridized carbons (Fsp3) is 0.300. The zero-order valence-corrected chi connectivity index (χ0v) is 16.8. The molecular weight excluding hydrogens is 390 g/mol. The van der Waals surface area contributed by atoms with Crippen molar-refractivity contribution in [2.75, 3.05) is 38.1 Å². The highest BCUT2D eigenvalue weighted by atomic mass is 16.5. The van der Waals surface area contributed by atoms with Gasteiger partial charge in [0.1, 0.15) is 0 Å². The van der Waals surface area contributed by atoms with E-state index in [1.54, 1.807) is 28.9 Å². The zero-order chi connectivity index (χ0) is 21.3. The summed E-state index contributed by atoms with van der Waals surface area (Å²) in [5, 5.41) is 6.91. The van der Waals surface area contributed by atoms with Crippen LogP contribution in [0.3, 0.4) is 0 Å². The molecule has 1 aliphatic rings. The van der Waals surface area contributed by atoms with E-state index in [1.165, 1.54) is 26.2 Å². The summed E-state index contributed by atoms with van der Waals surface area (Å²) >= 11 is 0. The lowest BCUT2D eigenvalue weighted by atomic mass is 10.1. The number of hydrogen-bond donors (Lipinski definition) is 1. The molecule has 0 unspecified atom stereocenters. The van der Waals surface area contributed by atoms with Crippen LogP contribution < -0.4 is 24.4 Å². The first-order valence-corrected chi connectivity index (χ1v) is 9.26. The molecule has 1 aromatic carbocycles. The third kappa shape index (κ3) is 3.47. The van der Waals surface area contributed by atoms with Crippen molar-refractivity contribution < 1.29 is 23.8 Å². The lowest BCUT2D eigenvalue weighted by Crippen LogP contribution is -2.28. The van der Waals surface area contributed by atoms with E-state index < -0.39 is 5.92 Å². The maximum atomic E-state index is 12.7. The number of nitrogens with zero attached hydrogens (tertiary/aromatic N) is 4. The van der Waals surface area contributed by atoms with Gasteiger partial charge in [-0.1, -0.05) is 6.07 Å². The van der Waals surface area contributed by atoms with Gasteiger partial charge in [-0.15, -0.1) is 5.10 Å². The number of carbonyl (C=O) groups excluding carboxylic acids is 2. The van der Waals surface area contributed by atoms with Crippen molar-refractivity contribution in [1.82, 2.24) is 14.6 Å². The summed E-state index contributed by atoms with van der Waals surface area (Å²) in [5.74, 6) is 0.472. The van der Waals surface area contributed by atoms with Gasteiger partial charge in [-0.05, 0) is 12.1 Å². The topological polar surface area (TPSA) is 107 Å². The summed E-state index contributed by atoms with van der Waals surface area (Å²) in [7, 11) is 4.52. The molecular formula is C20H21N5O5. The van der Waals surface area contributed by atoms with E-state index in [-0.39, 0.29) is 30.7 Å². The van der Waals surface area contributed by atoms with Gasteiger partial charge in [-0.25, -0.2) is 4.52 Å². The minimum Gasteiger partial charge on any atom is -0.493 e. The quantitative estimate of drug-likeness (QED) is 0.658. The van der Waals surface area contributed by atoms with Crippen LogP contribution in [0.5, 0.6) is 17.2 Å². The first kappa shape index (κ1) is 19.5. The third-order valence-corrected chi connectivity index (χ3v) is 4.93.